The average molecular weight is 236 g/mol. The summed E-state index contributed by atoms with van der Waals surface area (Å²) in [4.78, 5) is 0. The zero-order valence-electron chi connectivity index (χ0n) is 10.2. The minimum absolute atomic E-state index is 0.275. The third-order valence-corrected chi connectivity index (χ3v) is 2.98. The zero-order valence-corrected chi connectivity index (χ0v) is 10.2. The number of ether oxygens (including phenoxy) is 2. The first kappa shape index (κ1) is 12.2. The van der Waals surface area contributed by atoms with Crippen LogP contribution in [0, 0.1) is 0 Å². The summed E-state index contributed by atoms with van der Waals surface area (Å²) in [5, 5.41) is 3.27. The summed E-state index contributed by atoms with van der Waals surface area (Å²) in [6, 6.07) is 6.38. The quantitative estimate of drug-likeness (QED) is 0.831. The number of rotatable bonds is 4. The van der Waals surface area contributed by atoms with Gasteiger partial charge in [-0.1, -0.05) is 6.07 Å². The highest BCUT2D eigenvalue weighted by atomic mass is 16.5. The van der Waals surface area contributed by atoms with E-state index in [9.17, 15) is 0 Å². The molecular formula is C13H20N2O2. The fourth-order valence-electron chi connectivity index (χ4n) is 2.04. The van der Waals surface area contributed by atoms with Gasteiger partial charge in [-0.05, 0) is 37.7 Å². The molecular weight excluding hydrogens is 216 g/mol. The Kier molecular flexibility index (Phi) is 4.23. The van der Waals surface area contributed by atoms with Crippen LogP contribution in [0.2, 0.25) is 0 Å². The average Bonchev–Trinajstić information content (AvgIpc) is 2.60. The summed E-state index contributed by atoms with van der Waals surface area (Å²) in [6.45, 7) is 2.11. The number of fused-ring (bicyclic) bond motifs is 1. The van der Waals surface area contributed by atoms with E-state index in [-0.39, 0.29) is 6.04 Å². The number of hydrogen-bond acceptors (Lipinski definition) is 4. The molecule has 94 valence electrons. The van der Waals surface area contributed by atoms with Crippen LogP contribution in [0.1, 0.15) is 24.4 Å². The molecule has 0 amide bonds. The fourth-order valence-corrected chi connectivity index (χ4v) is 2.04. The molecule has 1 aliphatic rings. The lowest BCUT2D eigenvalue weighted by molar-refractivity contribution is 0.297. The second-order valence-corrected chi connectivity index (χ2v) is 4.18. The highest BCUT2D eigenvalue weighted by Crippen LogP contribution is 2.32. The van der Waals surface area contributed by atoms with Crippen molar-refractivity contribution in [2.24, 2.45) is 5.73 Å². The van der Waals surface area contributed by atoms with Crippen molar-refractivity contribution in [3.05, 3.63) is 23.8 Å². The van der Waals surface area contributed by atoms with Gasteiger partial charge >= 0.3 is 0 Å². The molecule has 2 rings (SSSR count). The van der Waals surface area contributed by atoms with Gasteiger partial charge in [-0.3, -0.25) is 0 Å². The van der Waals surface area contributed by atoms with E-state index in [1.165, 1.54) is 5.56 Å². The van der Waals surface area contributed by atoms with Crippen LogP contribution in [0.4, 0.5) is 0 Å². The van der Waals surface area contributed by atoms with Crippen LogP contribution < -0.4 is 20.5 Å². The molecule has 17 heavy (non-hydrogen) atoms. The number of benzene rings is 1. The Bertz CT molecular complexity index is 368. The van der Waals surface area contributed by atoms with Gasteiger partial charge in [-0.2, -0.15) is 0 Å². The molecule has 1 unspecified atom stereocenters. The van der Waals surface area contributed by atoms with E-state index in [4.69, 9.17) is 15.2 Å². The Morgan fingerprint density at radius 3 is 2.76 bits per heavy atom. The van der Waals surface area contributed by atoms with Crippen molar-refractivity contribution < 1.29 is 9.47 Å². The largest absolute Gasteiger partial charge is 0.490 e. The normalized spacial score (nSPS) is 16.4. The molecule has 0 aromatic heterocycles. The summed E-state index contributed by atoms with van der Waals surface area (Å²) < 4.78 is 11.3. The molecule has 0 bridgehead atoms. The monoisotopic (exact) mass is 236 g/mol. The van der Waals surface area contributed by atoms with Gasteiger partial charge < -0.3 is 20.5 Å². The molecule has 1 atom stereocenters. The maximum Gasteiger partial charge on any atom is 0.161 e. The predicted molar refractivity (Wildman–Crippen MR) is 67.5 cm³/mol. The van der Waals surface area contributed by atoms with E-state index >= 15 is 0 Å². The molecule has 0 saturated heterocycles. The number of nitrogens with one attached hydrogen (secondary N) is 1. The Balaban J connectivity index is 2.21. The molecule has 1 heterocycles. The molecule has 4 heteroatoms. The number of nitrogens with two attached hydrogens (primary N) is 1. The van der Waals surface area contributed by atoms with E-state index < -0.39 is 0 Å². The smallest absolute Gasteiger partial charge is 0.161 e. The van der Waals surface area contributed by atoms with E-state index in [0.717, 1.165) is 37.6 Å². The molecule has 1 aliphatic heterocycles. The van der Waals surface area contributed by atoms with Crippen molar-refractivity contribution in [1.29, 1.82) is 0 Å². The van der Waals surface area contributed by atoms with Gasteiger partial charge in [-0.25, -0.2) is 0 Å². The number of hydrogen-bond donors (Lipinski definition) is 2. The van der Waals surface area contributed by atoms with Gasteiger partial charge in [0, 0.05) is 12.5 Å². The van der Waals surface area contributed by atoms with Crippen LogP contribution >= 0.6 is 0 Å². The Labute approximate surface area is 102 Å². The summed E-state index contributed by atoms with van der Waals surface area (Å²) >= 11 is 0. The van der Waals surface area contributed by atoms with E-state index in [0.29, 0.717) is 6.54 Å². The van der Waals surface area contributed by atoms with Crippen LogP contribution in [-0.4, -0.2) is 26.8 Å². The lowest BCUT2D eigenvalue weighted by Gasteiger charge is -2.17. The Morgan fingerprint density at radius 2 is 2.06 bits per heavy atom. The lowest BCUT2D eigenvalue weighted by atomic mass is 10.0. The molecule has 1 aromatic rings. The van der Waals surface area contributed by atoms with Crippen molar-refractivity contribution in [1.82, 2.24) is 5.32 Å². The Hall–Kier alpha value is -1.26. The second-order valence-electron chi connectivity index (χ2n) is 4.18. The zero-order chi connectivity index (χ0) is 12.1. The van der Waals surface area contributed by atoms with Crippen molar-refractivity contribution in [3.63, 3.8) is 0 Å². The third kappa shape index (κ3) is 2.90. The molecule has 0 spiro atoms. The maximum absolute atomic E-state index is 5.68. The molecule has 0 saturated carbocycles. The van der Waals surface area contributed by atoms with Crippen LogP contribution in [-0.2, 0) is 0 Å². The predicted octanol–water partition coefficient (Wildman–Crippen LogP) is 1.46. The van der Waals surface area contributed by atoms with Gasteiger partial charge in [0.25, 0.3) is 0 Å². The summed E-state index contributed by atoms with van der Waals surface area (Å²) in [6.07, 6.45) is 1.85. The van der Waals surface area contributed by atoms with Crippen LogP contribution in [0.25, 0.3) is 0 Å². The van der Waals surface area contributed by atoms with Gasteiger partial charge in [0.15, 0.2) is 11.5 Å². The van der Waals surface area contributed by atoms with Crippen molar-refractivity contribution in [2.45, 2.75) is 18.9 Å². The standard InChI is InChI=1S/C13H20N2O2/c1-15-11(5-6-14)10-3-4-12-13(9-10)17-8-2-7-16-12/h3-4,9,11,15H,2,5-8,14H2,1H3. The molecule has 0 radical (unpaired) electrons. The van der Waals surface area contributed by atoms with Gasteiger partial charge in [0.1, 0.15) is 0 Å². The minimum Gasteiger partial charge on any atom is -0.490 e. The first-order valence-corrected chi connectivity index (χ1v) is 6.12. The lowest BCUT2D eigenvalue weighted by Crippen LogP contribution is -2.19. The van der Waals surface area contributed by atoms with Crippen molar-refractivity contribution >= 4 is 0 Å². The topological polar surface area (TPSA) is 56.5 Å². The third-order valence-electron chi connectivity index (χ3n) is 2.98. The van der Waals surface area contributed by atoms with Crippen molar-refractivity contribution in [3.8, 4) is 11.5 Å². The maximum atomic E-state index is 5.68. The minimum atomic E-state index is 0.275. The molecule has 0 aliphatic carbocycles. The summed E-state index contributed by atoms with van der Waals surface area (Å²) in [5.74, 6) is 1.69. The molecule has 3 N–H and O–H groups in total. The molecule has 0 fully saturated rings. The van der Waals surface area contributed by atoms with Gasteiger partial charge in [0.2, 0.25) is 0 Å². The van der Waals surface area contributed by atoms with Crippen LogP contribution in [0.3, 0.4) is 0 Å². The first-order chi connectivity index (χ1) is 8.35. The van der Waals surface area contributed by atoms with Crippen LogP contribution in [0.15, 0.2) is 18.2 Å². The fraction of sp³-hybridized carbons (Fsp3) is 0.538. The van der Waals surface area contributed by atoms with Gasteiger partial charge in [0.05, 0.1) is 13.2 Å². The molecule has 1 aromatic carbocycles. The van der Waals surface area contributed by atoms with E-state index in [2.05, 4.69) is 17.4 Å². The molecule has 4 nitrogen and oxygen atoms in total. The summed E-state index contributed by atoms with van der Waals surface area (Å²) in [7, 11) is 1.95. The highest BCUT2D eigenvalue weighted by molar-refractivity contribution is 5.44. The highest BCUT2D eigenvalue weighted by Gasteiger charge is 2.14. The Morgan fingerprint density at radius 1 is 1.29 bits per heavy atom. The first-order valence-electron chi connectivity index (χ1n) is 6.12. The van der Waals surface area contributed by atoms with Gasteiger partial charge in [-0.15, -0.1) is 0 Å². The van der Waals surface area contributed by atoms with E-state index in [1.54, 1.807) is 0 Å². The van der Waals surface area contributed by atoms with Crippen LogP contribution in [0.5, 0.6) is 11.5 Å². The van der Waals surface area contributed by atoms with Crippen molar-refractivity contribution in [2.75, 3.05) is 26.8 Å². The van der Waals surface area contributed by atoms with E-state index in [1.807, 2.05) is 13.1 Å². The summed E-state index contributed by atoms with van der Waals surface area (Å²) in [5.41, 5.74) is 6.81. The second kappa shape index (κ2) is 5.89. The SMILES string of the molecule is CNC(CCN)c1ccc2c(c1)OCCCO2.